The molecule has 0 saturated carbocycles. The summed E-state index contributed by atoms with van der Waals surface area (Å²) in [5, 5.41) is 0. The Morgan fingerprint density at radius 1 is 1.75 bits per heavy atom. The van der Waals surface area contributed by atoms with Gasteiger partial charge in [-0.3, -0.25) is 0 Å². The largest absolute Gasteiger partial charge is 0.345 e. The number of H-pyrrole nitrogens is 1. The highest BCUT2D eigenvalue weighted by atomic mass is 79.9. The van der Waals surface area contributed by atoms with E-state index >= 15 is 0 Å². The second-order valence-electron chi connectivity index (χ2n) is 1.22. The predicted molar refractivity (Wildman–Crippen MR) is 32.6 cm³/mol. The summed E-state index contributed by atoms with van der Waals surface area (Å²) in [6.07, 6.45) is 1.53. The third-order valence-electron chi connectivity index (χ3n) is 0.636. The summed E-state index contributed by atoms with van der Waals surface area (Å²) in [4.78, 5) is 16.1. The van der Waals surface area contributed by atoms with Gasteiger partial charge in [0.2, 0.25) is 0 Å². The number of nitrogens with one attached hydrogen (secondary N) is 1. The first kappa shape index (κ1) is 5.50. The first-order chi connectivity index (χ1) is 3.79. The Hall–Kier alpha value is -0.640. The fourth-order valence-corrected chi connectivity index (χ4v) is 0.641. The van der Waals surface area contributed by atoms with E-state index < -0.39 is 0 Å². The van der Waals surface area contributed by atoms with Crippen LogP contribution in [0, 0.1) is 0 Å². The van der Waals surface area contributed by atoms with Gasteiger partial charge in [-0.25, -0.2) is 4.79 Å². The van der Waals surface area contributed by atoms with Gasteiger partial charge in [-0.15, -0.1) is 0 Å². The predicted octanol–water partition coefficient (Wildman–Crippen LogP) is 0.532. The number of hydrogen-bond donors (Lipinski definition) is 1. The fraction of sp³-hybridized carbons (Fsp3) is 0. The molecule has 0 spiro atoms. The number of aromatic nitrogens is 2. The Morgan fingerprint density at radius 3 is 2.88 bits per heavy atom. The van der Waals surface area contributed by atoms with Crippen molar-refractivity contribution in [2.24, 2.45) is 0 Å². The topological polar surface area (TPSA) is 45.8 Å². The Bertz CT molecular complexity index is 231. The smallest absolute Gasteiger partial charge is 0.313 e. The van der Waals surface area contributed by atoms with Crippen LogP contribution in [0.5, 0.6) is 0 Å². The SMILES string of the molecule is O=c1nc(Br)cc[nH]1. The Balaban J connectivity index is 3.28. The van der Waals surface area contributed by atoms with E-state index in [-0.39, 0.29) is 5.69 Å². The number of aromatic amines is 1. The Kier molecular flexibility index (Phi) is 1.43. The van der Waals surface area contributed by atoms with Crippen molar-refractivity contribution >= 4 is 15.9 Å². The van der Waals surface area contributed by atoms with Crippen LogP contribution in [-0.4, -0.2) is 9.97 Å². The molecule has 42 valence electrons. The zero-order valence-electron chi connectivity index (χ0n) is 3.89. The molecule has 0 bridgehead atoms. The lowest BCUT2D eigenvalue weighted by Crippen LogP contribution is -2.07. The van der Waals surface area contributed by atoms with Crippen molar-refractivity contribution in [1.82, 2.24) is 9.97 Å². The summed E-state index contributed by atoms with van der Waals surface area (Å²) in [6, 6.07) is 1.65. The standard InChI is InChI=1S/C4H3BrN2O/c5-3-1-2-6-4(8)7-3/h1-2H,(H,6,7,8). The van der Waals surface area contributed by atoms with Crippen molar-refractivity contribution in [2.75, 3.05) is 0 Å². The summed E-state index contributed by atoms with van der Waals surface area (Å²) in [5.74, 6) is 0. The van der Waals surface area contributed by atoms with E-state index in [1.54, 1.807) is 6.07 Å². The number of nitrogens with zero attached hydrogens (tertiary/aromatic N) is 1. The third kappa shape index (κ3) is 1.16. The lowest BCUT2D eigenvalue weighted by atomic mass is 10.7. The van der Waals surface area contributed by atoms with Gasteiger partial charge >= 0.3 is 5.69 Å². The number of rotatable bonds is 0. The van der Waals surface area contributed by atoms with Gasteiger partial charge in [-0.05, 0) is 22.0 Å². The van der Waals surface area contributed by atoms with Crippen LogP contribution in [0.4, 0.5) is 0 Å². The highest BCUT2D eigenvalue weighted by molar-refractivity contribution is 9.10. The summed E-state index contributed by atoms with van der Waals surface area (Å²) < 4.78 is 0.557. The molecular formula is C4H3BrN2O. The molecule has 1 rings (SSSR count). The average molecular weight is 175 g/mol. The molecule has 0 aromatic carbocycles. The molecular weight excluding hydrogens is 172 g/mol. The summed E-state index contributed by atoms with van der Waals surface area (Å²) >= 11 is 3.03. The molecule has 0 fully saturated rings. The lowest BCUT2D eigenvalue weighted by molar-refractivity contribution is 1.05. The normalized spacial score (nSPS) is 9.12. The summed E-state index contributed by atoms with van der Waals surface area (Å²) in [6.45, 7) is 0. The van der Waals surface area contributed by atoms with E-state index in [0.717, 1.165) is 0 Å². The molecule has 0 aliphatic rings. The molecule has 0 aliphatic carbocycles. The lowest BCUT2D eigenvalue weighted by Gasteiger charge is -1.80. The van der Waals surface area contributed by atoms with Crippen LogP contribution >= 0.6 is 15.9 Å². The minimum absolute atomic E-state index is 0.334. The maximum Gasteiger partial charge on any atom is 0.345 e. The van der Waals surface area contributed by atoms with Gasteiger partial charge in [0, 0.05) is 6.20 Å². The van der Waals surface area contributed by atoms with Gasteiger partial charge in [0.05, 0.1) is 0 Å². The molecule has 3 nitrogen and oxygen atoms in total. The molecule has 0 unspecified atom stereocenters. The molecule has 1 heterocycles. The summed E-state index contributed by atoms with van der Waals surface area (Å²) in [5.41, 5.74) is -0.334. The van der Waals surface area contributed by atoms with Gasteiger partial charge < -0.3 is 4.98 Å². The Labute approximate surface area is 53.9 Å². The first-order valence-corrected chi connectivity index (χ1v) is 2.79. The molecule has 0 radical (unpaired) electrons. The minimum atomic E-state index is -0.334. The van der Waals surface area contributed by atoms with Crippen molar-refractivity contribution in [2.45, 2.75) is 0 Å². The van der Waals surface area contributed by atoms with E-state index in [1.165, 1.54) is 6.20 Å². The van der Waals surface area contributed by atoms with Crippen LogP contribution < -0.4 is 5.69 Å². The van der Waals surface area contributed by atoms with Crippen molar-refractivity contribution in [3.05, 3.63) is 27.4 Å². The maximum atomic E-state index is 10.3. The quantitative estimate of drug-likeness (QED) is 0.584. The van der Waals surface area contributed by atoms with E-state index in [0.29, 0.717) is 4.60 Å². The Morgan fingerprint density at radius 2 is 2.50 bits per heavy atom. The average Bonchev–Trinajstić information content (AvgIpc) is 1.64. The zero-order chi connectivity index (χ0) is 5.98. The van der Waals surface area contributed by atoms with Crippen LogP contribution in [-0.2, 0) is 0 Å². The van der Waals surface area contributed by atoms with Crippen molar-refractivity contribution in [3.63, 3.8) is 0 Å². The molecule has 1 aromatic heterocycles. The molecule has 1 N–H and O–H groups in total. The molecule has 8 heavy (non-hydrogen) atoms. The van der Waals surface area contributed by atoms with Gasteiger partial charge in [-0.1, -0.05) is 0 Å². The van der Waals surface area contributed by atoms with Crippen LogP contribution in [0.25, 0.3) is 0 Å². The van der Waals surface area contributed by atoms with Gasteiger partial charge in [0.1, 0.15) is 4.60 Å². The molecule has 0 saturated heterocycles. The number of halogens is 1. The zero-order valence-corrected chi connectivity index (χ0v) is 5.47. The van der Waals surface area contributed by atoms with E-state index in [9.17, 15) is 4.79 Å². The monoisotopic (exact) mass is 174 g/mol. The highest BCUT2D eigenvalue weighted by Gasteiger charge is 1.83. The van der Waals surface area contributed by atoms with E-state index in [2.05, 4.69) is 25.9 Å². The van der Waals surface area contributed by atoms with Crippen LogP contribution in [0.1, 0.15) is 0 Å². The highest BCUT2D eigenvalue weighted by Crippen LogP contribution is 1.96. The van der Waals surface area contributed by atoms with E-state index in [4.69, 9.17) is 0 Å². The van der Waals surface area contributed by atoms with Crippen LogP contribution in [0.3, 0.4) is 0 Å². The van der Waals surface area contributed by atoms with Gasteiger partial charge in [0.15, 0.2) is 0 Å². The second-order valence-corrected chi connectivity index (χ2v) is 2.03. The first-order valence-electron chi connectivity index (χ1n) is 2.00. The van der Waals surface area contributed by atoms with Gasteiger partial charge in [-0.2, -0.15) is 4.98 Å². The van der Waals surface area contributed by atoms with Crippen molar-refractivity contribution in [1.29, 1.82) is 0 Å². The van der Waals surface area contributed by atoms with Gasteiger partial charge in [0.25, 0.3) is 0 Å². The molecule has 1 aromatic rings. The second kappa shape index (κ2) is 2.09. The fourth-order valence-electron chi connectivity index (χ4n) is 0.348. The summed E-state index contributed by atoms with van der Waals surface area (Å²) in [7, 11) is 0. The maximum absolute atomic E-state index is 10.3. The number of hydrogen-bond acceptors (Lipinski definition) is 2. The van der Waals surface area contributed by atoms with E-state index in [1.807, 2.05) is 0 Å². The molecule has 0 aliphatic heterocycles. The third-order valence-corrected chi connectivity index (χ3v) is 1.08. The van der Waals surface area contributed by atoms with Crippen molar-refractivity contribution < 1.29 is 0 Å². The molecule has 4 heteroatoms. The molecule has 0 amide bonds. The molecule has 0 atom stereocenters. The van der Waals surface area contributed by atoms with Crippen LogP contribution in [0.15, 0.2) is 21.7 Å². The van der Waals surface area contributed by atoms with Crippen molar-refractivity contribution in [3.8, 4) is 0 Å². The minimum Gasteiger partial charge on any atom is -0.313 e. The van der Waals surface area contributed by atoms with Crippen LogP contribution in [0.2, 0.25) is 0 Å².